The van der Waals surface area contributed by atoms with Crippen LogP contribution in [0.1, 0.15) is 11.9 Å². The topological polar surface area (TPSA) is 156 Å². The normalized spacial score (nSPS) is 15.9. The van der Waals surface area contributed by atoms with E-state index in [0.717, 1.165) is 16.3 Å². The van der Waals surface area contributed by atoms with Crippen molar-refractivity contribution in [3.63, 3.8) is 0 Å². The van der Waals surface area contributed by atoms with Gasteiger partial charge in [0.15, 0.2) is 5.71 Å². The van der Waals surface area contributed by atoms with Crippen LogP contribution < -0.4 is 9.73 Å². The van der Waals surface area contributed by atoms with Gasteiger partial charge in [0.2, 0.25) is 11.2 Å². The van der Waals surface area contributed by atoms with Crippen molar-refractivity contribution in [3.05, 3.63) is 59.6 Å². The number of hydrogen-bond donors (Lipinski definition) is 1. The van der Waals surface area contributed by atoms with Crippen LogP contribution in [-0.2, 0) is 24.3 Å². The molecule has 4 rings (SSSR count). The van der Waals surface area contributed by atoms with E-state index in [1.165, 1.54) is 24.3 Å². The summed E-state index contributed by atoms with van der Waals surface area (Å²) < 4.78 is 32.4. The summed E-state index contributed by atoms with van der Waals surface area (Å²) in [7, 11) is -3.88. The van der Waals surface area contributed by atoms with Gasteiger partial charge in [-0.2, -0.15) is 20.3 Å². The number of carbonyl (C=O) groups excluding carboxylic acids is 2. The SMILES string of the molecule is CCOC(=O)C1=NN(c2ccccc2)C(=O)[C@H]1N=Nc1ccc(S(=O)(=O)Nc2nnc(C)s2)cc1. The van der Waals surface area contributed by atoms with E-state index in [2.05, 4.69) is 30.2 Å². The summed E-state index contributed by atoms with van der Waals surface area (Å²) in [5.74, 6) is -1.35. The minimum Gasteiger partial charge on any atom is -0.461 e. The van der Waals surface area contributed by atoms with Crippen LogP contribution in [0.15, 0.2) is 74.8 Å². The maximum atomic E-state index is 13.0. The summed E-state index contributed by atoms with van der Waals surface area (Å²) in [6.45, 7) is 3.45. The first kappa shape index (κ1) is 24.1. The highest BCUT2D eigenvalue weighted by atomic mass is 32.2. The molecule has 35 heavy (non-hydrogen) atoms. The quantitative estimate of drug-likeness (QED) is 0.358. The third-order valence-electron chi connectivity index (χ3n) is 4.58. The van der Waals surface area contributed by atoms with Crippen LogP contribution in [-0.4, -0.2) is 48.9 Å². The van der Waals surface area contributed by atoms with Gasteiger partial charge in [0.1, 0.15) is 5.01 Å². The number of aryl methyl sites for hydroxylation is 1. The fourth-order valence-corrected chi connectivity index (χ4v) is 4.81. The average molecular weight is 514 g/mol. The Bertz CT molecular complexity index is 1400. The van der Waals surface area contributed by atoms with Crippen molar-refractivity contribution in [2.24, 2.45) is 15.3 Å². The lowest BCUT2D eigenvalue weighted by atomic mass is 10.2. The molecule has 2 heterocycles. The Morgan fingerprint density at radius 3 is 2.49 bits per heavy atom. The van der Waals surface area contributed by atoms with Crippen LogP contribution >= 0.6 is 11.3 Å². The number of carbonyl (C=O) groups is 2. The van der Waals surface area contributed by atoms with Gasteiger partial charge in [0.05, 0.1) is 22.9 Å². The van der Waals surface area contributed by atoms with E-state index < -0.39 is 27.9 Å². The van der Waals surface area contributed by atoms with Gasteiger partial charge in [-0.3, -0.25) is 9.52 Å². The largest absolute Gasteiger partial charge is 0.461 e. The molecule has 0 radical (unpaired) electrons. The molecule has 0 saturated heterocycles. The number of esters is 1. The molecule has 1 atom stereocenters. The molecule has 14 heteroatoms. The molecule has 0 saturated carbocycles. The Balaban J connectivity index is 1.54. The minimum atomic E-state index is -3.88. The maximum absolute atomic E-state index is 13.0. The summed E-state index contributed by atoms with van der Waals surface area (Å²) in [5.41, 5.74) is 0.537. The van der Waals surface area contributed by atoms with Crippen molar-refractivity contribution in [2.45, 2.75) is 24.8 Å². The lowest BCUT2D eigenvalue weighted by molar-refractivity contribution is -0.135. The molecular weight excluding hydrogens is 494 g/mol. The number of para-hydroxylation sites is 1. The number of nitrogens with one attached hydrogen (secondary N) is 1. The van der Waals surface area contributed by atoms with Crippen molar-refractivity contribution in [3.8, 4) is 0 Å². The molecule has 1 aromatic heterocycles. The average Bonchev–Trinajstić information content (AvgIpc) is 3.40. The van der Waals surface area contributed by atoms with Gasteiger partial charge in [0.25, 0.3) is 15.9 Å². The first-order chi connectivity index (χ1) is 16.8. The van der Waals surface area contributed by atoms with Crippen molar-refractivity contribution in [1.82, 2.24) is 10.2 Å². The predicted molar refractivity (Wildman–Crippen MR) is 128 cm³/mol. The van der Waals surface area contributed by atoms with E-state index in [0.29, 0.717) is 10.7 Å². The third-order valence-corrected chi connectivity index (χ3v) is 6.82. The van der Waals surface area contributed by atoms with Crippen molar-refractivity contribution < 1.29 is 22.7 Å². The summed E-state index contributed by atoms with van der Waals surface area (Å²) >= 11 is 1.11. The molecule has 1 aliphatic heterocycles. The molecule has 180 valence electrons. The molecular formula is C21H19N7O5S2. The van der Waals surface area contributed by atoms with Crippen molar-refractivity contribution in [1.29, 1.82) is 0 Å². The van der Waals surface area contributed by atoms with Crippen molar-refractivity contribution >= 4 is 55.5 Å². The highest BCUT2D eigenvalue weighted by Gasteiger charge is 2.41. The highest BCUT2D eigenvalue weighted by Crippen LogP contribution is 2.25. The Kier molecular flexibility index (Phi) is 6.93. The van der Waals surface area contributed by atoms with Gasteiger partial charge >= 0.3 is 5.97 Å². The number of rotatable bonds is 8. The van der Waals surface area contributed by atoms with E-state index in [1.54, 1.807) is 44.2 Å². The fraction of sp³-hybridized carbons (Fsp3) is 0.190. The Morgan fingerprint density at radius 1 is 1.14 bits per heavy atom. The number of benzene rings is 2. The number of azo groups is 1. The lowest BCUT2D eigenvalue weighted by Crippen LogP contribution is -2.33. The number of ether oxygens (including phenoxy) is 1. The summed E-state index contributed by atoms with van der Waals surface area (Å²) in [4.78, 5) is 25.3. The Morgan fingerprint density at radius 2 is 1.86 bits per heavy atom. The standard InChI is InChI=1S/C21H19N7O5S2/c1-3-33-20(30)18-17(19(29)28(26-18)15-7-5-4-6-8-15)24-23-14-9-11-16(12-10-14)35(31,32)27-21-25-22-13(2)34-21/h4-12,17H,3H2,1-2H3,(H,25,27)/t17-/m0/s1. The molecule has 1 N–H and O–H groups in total. The fourth-order valence-electron chi connectivity index (χ4n) is 2.99. The summed E-state index contributed by atoms with van der Waals surface area (Å²) in [6.07, 6.45) is 0. The maximum Gasteiger partial charge on any atom is 0.357 e. The number of nitrogens with zero attached hydrogens (tertiary/aromatic N) is 6. The first-order valence-electron chi connectivity index (χ1n) is 10.3. The smallest absolute Gasteiger partial charge is 0.357 e. The molecule has 1 aliphatic rings. The summed E-state index contributed by atoms with van der Waals surface area (Å²) in [6, 6.07) is 12.8. The van der Waals surface area contributed by atoms with E-state index in [1.807, 2.05) is 0 Å². The van der Waals surface area contributed by atoms with Gasteiger partial charge in [0, 0.05) is 0 Å². The van der Waals surface area contributed by atoms with Crippen LogP contribution in [0.25, 0.3) is 0 Å². The molecule has 12 nitrogen and oxygen atoms in total. The number of amides is 1. The highest BCUT2D eigenvalue weighted by molar-refractivity contribution is 7.93. The van der Waals surface area contributed by atoms with E-state index >= 15 is 0 Å². The zero-order chi connectivity index (χ0) is 25.0. The number of aromatic nitrogens is 2. The number of anilines is 2. The lowest BCUT2D eigenvalue weighted by Gasteiger charge is -2.11. The summed E-state index contributed by atoms with van der Waals surface area (Å²) in [5, 5.41) is 21.5. The first-order valence-corrected chi connectivity index (χ1v) is 12.6. The van der Waals surface area contributed by atoms with Crippen LogP contribution in [0.4, 0.5) is 16.5 Å². The van der Waals surface area contributed by atoms with Gasteiger partial charge in [-0.15, -0.1) is 10.2 Å². The van der Waals surface area contributed by atoms with E-state index in [9.17, 15) is 18.0 Å². The second-order valence-electron chi connectivity index (χ2n) is 7.03. The van der Waals surface area contributed by atoms with Crippen LogP contribution in [0.2, 0.25) is 0 Å². The predicted octanol–water partition coefficient (Wildman–Crippen LogP) is 3.07. The zero-order valence-corrected chi connectivity index (χ0v) is 20.2. The minimum absolute atomic E-state index is 0.0229. The molecule has 0 unspecified atom stereocenters. The Hall–Kier alpha value is -4.04. The van der Waals surface area contributed by atoms with Gasteiger partial charge in [-0.1, -0.05) is 29.5 Å². The molecule has 1 amide bonds. The zero-order valence-electron chi connectivity index (χ0n) is 18.5. The molecule has 0 bridgehead atoms. The van der Waals surface area contributed by atoms with Gasteiger partial charge in [-0.05, 0) is 50.2 Å². The molecule has 0 aliphatic carbocycles. The van der Waals surface area contributed by atoms with Crippen molar-refractivity contribution in [2.75, 3.05) is 16.3 Å². The van der Waals surface area contributed by atoms with Crippen LogP contribution in [0, 0.1) is 6.92 Å². The molecule has 0 fully saturated rings. The van der Waals surface area contributed by atoms with Crippen LogP contribution in [0.5, 0.6) is 0 Å². The van der Waals surface area contributed by atoms with Crippen LogP contribution in [0.3, 0.4) is 0 Å². The second kappa shape index (κ2) is 10.1. The molecule has 3 aromatic rings. The monoisotopic (exact) mass is 513 g/mol. The number of hydrazone groups is 1. The van der Waals surface area contributed by atoms with Gasteiger partial charge in [-0.25, -0.2) is 13.2 Å². The van der Waals surface area contributed by atoms with E-state index in [4.69, 9.17) is 4.74 Å². The van der Waals surface area contributed by atoms with E-state index in [-0.39, 0.29) is 28.0 Å². The second-order valence-corrected chi connectivity index (χ2v) is 9.90. The number of hydrogen-bond acceptors (Lipinski definition) is 11. The van der Waals surface area contributed by atoms with Gasteiger partial charge < -0.3 is 4.74 Å². The molecule has 0 spiro atoms. The Labute approximate surface area is 204 Å². The molecule has 2 aromatic carbocycles. The third kappa shape index (κ3) is 5.38. The number of sulfonamides is 1.